The van der Waals surface area contributed by atoms with E-state index >= 15 is 0 Å². The minimum Gasteiger partial charge on any atom is -0.361 e. The van der Waals surface area contributed by atoms with E-state index in [9.17, 15) is 4.79 Å². The van der Waals surface area contributed by atoms with Crippen LogP contribution in [-0.2, 0) is 12.2 Å². The average Bonchev–Trinajstić information content (AvgIpc) is 2.99. The van der Waals surface area contributed by atoms with E-state index in [1.165, 1.54) is 35.5 Å². The molecule has 2 aliphatic rings. The van der Waals surface area contributed by atoms with Gasteiger partial charge in [-0.25, -0.2) is 0 Å². The number of carbonyl (C=O) groups is 1. The highest BCUT2D eigenvalue weighted by molar-refractivity contribution is 7.98. The van der Waals surface area contributed by atoms with Crippen molar-refractivity contribution < 1.29 is 4.79 Å². The van der Waals surface area contributed by atoms with Crippen LogP contribution in [0.1, 0.15) is 46.1 Å². The van der Waals surface area contributed by atoms with Gasteiger partial charge < -0.3 is 4.98 Å². The first-order valence-corrected chi connectivity index (χ1v) is 6.32. The van der Waals surface area contributed by atoms with E-state index in [4.69, 9.17) is 0 Å². The maximum Gasteiger partial charge on any atom is 0.152 e. The van der Waals surface area contributed by atoms with Crippen molar-refractivity contribution in [1.29, 1.82) is 0 Å². The van der Waals surface area contributed by atoms with E-state index in [2.05, 4.69) is 4.98 Å². The predicted octanol–water partition coefficient (Wildman–Crippen LogP) is 2.49. The van der Waals surface area contributed by atoms with Crippen LogP contribution in [0.4, 0.5) is 0 Å². The Balaban J connectivity index is 2.11. The van der Waals surface area contributed by atoms with Crippen molar-refractivity contribution in [1.82, 2.24) is 4.98 Å². The minimum atomic E-state index is 0.658. The van der Waals surface area contributed by atoms with Crippen LogP contribution in [0.5, 0.6) is 0 Å². The lowest BCUT2D eigenvalue weighted by atomic mass is 10.1. The van der Waals surface area contributed by atoms with Gasteiger partial charge in [0.05, 0.1) is 0 Å². The molecule has 1 N–H and O–H groups in total. The van der Waals surface area contributed by atoms with Crippen LogP contribution in [0.15, 0.2) is 0 Å². The number of aromatic nitrogens is 1. The highest BCUT2D eigenvalue weighted by Gasteiger charge is 2.30. The zero-order chi connectivity index (χ0) is 9.54. The molecule has 0 saturated heterocycles. The summed E-state index contributed by atoms with van der Waals surface area (Å²) in [5.74, 6) is 2.87. The zero-order valence-electron chi connectivity index (χ0n) is 8.01. The summed E-state index contributed by atoms with van der Waals surface area (Å²) < 4.78 is 0. The third kappa shape index (κ3) is 1.22. The summed E-state index contributed by atoms with van der Waals surface area (Å²) in [5.41, 5.74) is 4.83. The number of H-pyrrole nitrogens is 1. The first-order valence-electron chi connectivity index (χ1n) is 5.16. The maximum atomic E-state index is 11.1. The van der Waals surface area contributed by atoms with E-state index in [0.717, 1.165) is 24.0 Å². The van der Waals surface area contributed by atoms with Crippen molar-refractivity contribution in [3.05, 3.63) is 22.5 Å². The van der Waals surface area contributed by atoms with Gasteiger partial charge in [0, 0.05) is 22.7 Å². The molecule has 2 nitrogen and oxygen atoms in total. The largest absolute Gasteiger partial charge is 0.361 e. The molecule has 1 saturated carbocycles. The fourth-order valence-corrected chi connectivity index (χ4v) is 3.21. The molecule has 0 amide bonds. The summed E-state index contributed by atoms with van der Waals surface area (Å²) in [7, 11) is 0. The highest BCUT2D eigenvalue weighted by atomic mass is 32.2. The van der Waals surface area contributed by atoms with Gasteiger partial charge in [-0.05, 0) is 36.5 Å². The summed E-state index contributed by atoms with van der Waals surface area (Å²) in [6.07, 6.45) is 4.67. The van der Waals surface area contributed by atoms with Gasteiger partial charge in [0.2, 0.25) is 0 Å². The maximum absolute atomic E-state index is 11.1. The fraction of sp³-hybridized carbons (Fsp3) is 0.545. The first kappa shape index (κ1) is 8.60. The molecule has 74 valence electrons. The summed E-state index contributed by atoms with van der Waals surface area (Å²) in [4.78, 5) is 14.5. The second-order valence-electron chi connectivity index (χ2n) is 4.10. The average molecular weight is 207 g/mol. The topological polar surface area (TPSA) is 32.9 Å². The van der Waals surface area contributed by atoms with Gasteiger partial charge in [-0.3, -0.25) is 4.79 Å². The monoisotopic (exact) mass is 207 g/mol. The van der Waals surface area contributed by atoms with Crippen molar-refractivity contribution in [2.45, 2.75) is 30.9 Å². The summed E-state index contributed by atoms with van der Waals surface area (Å²) in [6, 6.07) is 0. The molecule has 3 heteroatoms. The van der Waals surface area contributed by atoms with Gasteiger partial charge >= 0.3 is 0 Å². The molecular weight excluding hydrogens is 194 g/mol. The molecule has 1 aliphatic heterocycles. The van der Waals surface area contributed by atoms with Crippen molar-refractivity contribution in [2.75, 3.05) is 5.75 Å². The molecule has 2 heterocycles. The van der Waals surface area contributed by atoms with Gasteiger partial charge in [0.15, 0.2) is 6.29 Å². The molecular formula is C11H13NOS. The predicted molar refractivity (Wildman–Crippen MR) is 58.0 cm³/mol. The fourth-order valence-electron chi connectivity index (χ4n) is 2.19. The van der Waals surface area contributed by atoms with Crippen LogP contribution in [0.25, 0.3) is 0 Å². The number of thioether (sulfide) groups is 1. The molecule has 1 aromatic rings. The van der Waals surface area contributed by atoms with Gasteiger partial charge in [0.25, 0.3) is 0 Å². The number of fused-ring (bicyclic) bond motifs is 1. The van der Waals surface area contributed by atoms with Crippen LogP contribution in [0, 0.1) is 0 Å². The lowest BCUT2D eigenvalue weighted by Crippen LogP contribution is -2.01. The Labute approximate surface area is 87.5 Å². The molecule has 0 spiro atoms. The lowest BCUT2D eigenvalue weighted by molar-refractivity contribution is 0.112. The molecule has 0 unspecified atom stereocenters. The number of hydrogen-bond acceptors (Lipinski definition) is 2. The van der Waals surface area contributed by atoms with Crippen molar-refractivity contribution >= 4 is 18.0 Å². The second kappa shape index (κ2) is 3.16. The molecule has 14 heavy (non-hydrogen) atoms. The third-order valence-corrected chi connectivity index (χ3v) is 4.10. The molecule has 3 rings (SSSR count). The third-order valence-electron chi connectivity index (χ3n) is 3.11. The Hall–Kier alpha value is -0.700. The standard InChI is InChI=1S/C11H13NOS/c13-5-8-9-6-14-4-3-10(9)12-11(8)7-1-2-7/h5,7,12H,1-4,6H2. The van der Waals surface area contributed by atoms with Crippen LogP contribution < -0.4 is 0 Å². The van der Waals surface area contributed by atoms with Crippen molar-refractivity contribution in [3.8, 4) is 0 Å². The van der Waals surface area contributed by atoms with Gasteiger partial charge in [-0.1, -0.05) is 0 Å². The normalized spacial score (nSPS) is 20.6. The van der Waals surface area contributed by atoms with Gasteiger partial charge in [0.1, 0.15) is 0 Å². The van der Waals surface area contributed by atoms with E-state index in [1.54, 1.807) is 0 Å². The zero-order valence-corrected chi connectivity index (χ0v) is 8.82. The van der Waals surface area contributed by atoms with Crippen LogP contribution in [0.3, 0.4) is 0 Å². The number of rotatable bonds is 2. The van der Waals surface area contributed by atoms with E-state index in [1.807, 2.05) is 11.8 Å². The molecule has 1 fully saturated rings. The summed E-state index contributed by atoms with van der Waals surface area (Å²) in [5, 5.41) is 0. The Kier molecular flexibility index (Phi) is 1.94. The van der Waals surface area contributed by atoms with Crippen molar-refractivity contribution in [2.24, 2.45) is 0 Å². The molecule has 0 aromatic carbocycles. The molecule has 1 aromatic heterocycles. The van der Waals surface area contributed by atoms with E-state index in [-0.39, 0.29) is 0 Å². The molecule has 1 aliphatic carbocycles. The Bertz CT molecular complexity index is 379. The van der Waals surface area contributed by atoms with Crippen LogP contribution in [0.2, 0.25) is 0 Å². The smallest absolute Gasteiger partial charge is 0.152 e. The number of nitrogens with one attached hydrogen (secondary N) is 1. The summed E-state index contributed by atoms with van der Waals surface area (Å²) >= 11 is 1.93. The number of hydrogen-bond donors (Lipinski definition) is 1. The number of carbonyl (C=O) groups excluding carboxylic acids is 1. The Morgan fingerprint density at radius 2 is 2.29 bits per heavy atom. The van der Waals surface area contributed by atoms with Gasteiger partial charge in [-0.2, -0.15) is 11.8 Å². The number of aryl methyl sites for hydroxylation is 1. The quantitative estimate of drug-likeness (QED) is 0.756. The highest BCUT2D eigenvalue weighted by Crippen LogP contribution is 2.43. The van der Waals surface area contributed by atoms with Crippen LogP contribution >= 0.6 is 11.8 Å². The van der Waals surface area contributed by atoms with Crippen LogP contribution in [-0.4, -0.2) is 17.0 Å². The first-order chi connectivity index (χ1) is 6.90. The Morgan fingerprint density at radius 3 is 3.00 bits per heavy atom. The SMILES string of the molecule is O=Cc1c(C2CC2)[nH]c2c1CSCC2. The second-order valence-corrected chi connectivity index (χ2v) is 5.21. The van der Waals surface area contributed by atoms with E-state index in [0.29, 0.717) is 5.92 Å². The number of aromatic amines is 1. The Morgan fingerprint density at radius 1 is 1.43 bits per heavy atom. The molecule has 0 atom stereocenters. The summed E-state index contributed by atoms with van der Waals surface area (Å²) in [6.45, 7) is 0. The minimum absolute atomic E-state index is 0.658. The lowest BCUT2D eigenvalue weighted by Gasteiger charge is -2.10. The number of aldehydes is 1. The van der Waals surface area contributed by atoms with E-state index < -0.39 is 0 Å². The molecule has 0 bridgehead atoms. The van der Waals surface area contributed by atoms with Gasteiger partial charge in [-0.15, -0.1) is 0 Å². The molecule has 0 radical (unpaired) electrons. The van der Waals surface area contributed by atoms with Crippen molar-refractivity contribution in [3.63, 3.8) is 0 Å².